The average Bonchev–Trinajstić information content (AvgIpc) is 2.80. The van der Waals surface area contributed by atoms with Crippen LogP contribution in [0.15, 0.2) is 18.2 Å². The van der Waals surface area contributed by atoms with Crippen LogP contribution in [0.25, 0.3) is 0 Å². The largest absolute Gasteiger partial charge is 0.480 e. The number of aliphatic carboxylic acids is 1. The monoisotopic (exact) mass is 363 g/mol. The smallest absolute Gasteiger partial charge is 0.326 e. The third-order valence-corrected chi connectivity index (χ3v) is 3.90. The van der Waals surface area contributed by atoms with Crippen LogP contribution in [0.4, 0.5) is 4.39 Å². The third-order valence-electron chi connectivity index (χ3n) is 2.96. The van der Waals surface area contributed by atoms with E-state index in [0.29, 0.717) is 23.0 Å². The van der Waals surface area contributed by atoms with Crippen molar-refractivity contribution in [2.24, 2.45) is 0 Å². The molecule has 1 saturated heterocycles. The van der Waals surface area contributed by atoms with E-state index in [-0.39, 0.29) is 5.56 Å². The van der Waals surface area contributed by atoms with E-state index in [4.69, 9.17) is 5.11 Å². The Morgan fingerprint density at radius 3 is 2.83 bits per heavy atom. The van der Waals surface area contributed by atoms with Gasteiger partial charge >= 0.3 is 5.97 Å². The topological polar surface area (TPSA) is 57.6 Å². The highest BCUT2D eigenvalue weighted by Crippen LogP contribution is 2.23. The summed E-state index contributed by atoms with van der Waals surface area (Å²) in [5.41, 5.74) is 0.226. The predicted molar refractivity (Wildman–Crippen MR) is 70.8 cm³/mol. The van der Waals surface area contributed by atoms with Gasteiger partial charge in [0.15, 0.2) is 0 Å². The fourth-order valence-electron chi connectivity index (χ4n) is 2.08. The van der Waals surface area contributed by atoms with Crippen molar-refractivity contribution in [1.82, 2.24) is 4.90 Å². The van der Waals surface area contributed by atoms with E-state index in [0.717, 1.165) is 6.07 Å². The van der Waals surface area contributed by atoms with Gasteiger partial charge in [-0.2, -0.15) is 0 Å². The van der Waals surface area contributed by atoms with Gasteiger partial charge in [0.25, 0.3) is 5.91 Å². The molecular formula is C12H11FINO3. The van der Waals surface area contributed by atoms with Gasteiger partial charge in [-0.3, -0.25) is 4.79 Å². The highest BCUT2D eigenvalue weighted by molar-refractivity contribution is 14.1. The van der Waals surface area contributed by atoms with Crippen LogP contribution in [0.5, 0.6) is 0 Å². The summed E-state index contributed by atoms with van der Waals surface area (Å²) in [4.78, 5) is 24.6. The lowest BCUT2D eigenvalue weighted by molar-refractivity contribution is -0.141. The van der Waals surface area contributed by atoms with Gasteiger partial charge in [-0.15, -0.1) is 0 Å². The zero-order valence-electron chi connectivity index (χ0n) is 9.40. The van der Waals surface area contributed by atoms with Gasteiger partial charge < -0.3 is 10.0 Å². The summed E-state index contributed by atoms with van der Waals surface area (Å²) in [6, 6.07) is 3.14. The molecule has 1 aliphatic heterocycles. The van der Waals surface area contributed by atoms with Crippen molar-refractivity contribution in [1.29, 1.82) is 0 Å². The number of carboxylic acids is 1. The molecule has 4 nitrogen and oxygen atoms in total. The molecule has 0 aliphatic carbocycles. The van der Waals surface area contributed by atoms with Crippen LogP contribution in [0.1, 0.15) is 23.2 Å². The molecule has 96 valence electrons. The summed E-state index contributed by atoms with van der Waals surface area (Å²) in [7, 11) is 0. The Balaban J connectivity index is 2.31. The second kappa shape index (κ2) is 5.21. The van der Waals surface area contributed by atoms with Gasteiger partial charge in [0, 0.05) is 10.1 Å². The van der Waals surface area contributed by atoms with E-state index in [9.17, 15) is 14.0 Å². The lowest BCUT2D eigenvalue weighted by Crippen LogP contribution is -2.40. The fourth-order valence-corrected chi connectivity index (χ4v) is 2.65. The second-order valence-corrected chi connectivity index (χ2v) is 5.28. The molecule has 6 heteroatoms. The molecule has 0 aromatic heterocycles. The fraction of sp³-hybridized carbons (Fsp3) is 0.333. The zero-order valence-corrected chi connectivity index (χ0v) is 11.6. The lowest BCUT2D eigenvalue weighted by Gasteiger charge is -2.22. The second-order valence-electron chi connectivity index (χ2n) is 4.12. The molecule has 1 fully saturated rings. The third kappa shape index (κ3) is 2.47. The number of carboxylic acid groups (broad SMARTS) is 1. The number of carbonyl (C=O) groups is 2. The maximum atomic E-state index is 13.2. The molecule has 1 aromatic carbocycles. The van der Waals surface area contributed by atoms with Gasteiger partial charge in [-0.1, -0.05) is 0 Å². The van der Waals surface area contributed by atoms with E-state index < -0.39 is 23.7 Å². The van der Waals surface area contributed by atoms with Crippen LogP contribution < -0.4 is 0 Å². The summed E-state index contributed by atoms with van der Waals surface area (Å²) in [6.07, 6.45) is 1.11. The number of rotatable bonds is 2. The molecule has 0 radical (unpaired) electrons. The minimum absolute atomic E-state index is 0.226. The summed E-state index contributed by atoms with van der Waals surface area (Å²) in [6.45, 7) is 0.405. The lowest BCUT2D eigenvalue weighted by atomic mass is 10.1. The molecule has 1 unspecified atom stereocenters. The zero-order chi connectivity index (χ0) is 13.3. The SMILES string of the molecule is O=C(O)C1CCCN1C(=O)c1cc(F)ccc1I. The number of carbonyl (C=O) groups excluding carboxylic acids is 1. The Bertz CT molecular complexity index is 506. The minimum atomic E-state index is -1.01. The molecule has 1 N–H and O–H groups in total. The Morgan fingerprint density at radius 2 is 2.17 bits per heavy atom. The highest BCUT2D eigenvalue weighted by Gasteiger charge is 2.35. The minimum Gasteiger partial charge on any atom is -0.480 e. The van der Waals surface area contributed by atoms with E-state index in [1.807, 2.05) is 22.6 Å². The van der Waals surface area contributed by atoms with Crippen LogP contribution in [0.3, 0.4) is 0 Å². The van der Waals surface area contributed by atoms with Crippen molar-refractivity contribution in [2.75, 3.05) is 6.54 Å². The molecule has 0 bridgehead atoms. The number of hydrogen-bond donors (Lipinski definition) is 1. The van der Waals surface area contributed by atoms with Gasteiger partial charge in [0.05, 0.1) is 5.56 Å². The number of likely N-dealkylation sites (tertiary alicyclic amines) is 1. The Kier molecular flexibility index (Phi) is 3.84. The number of amides is 1. The molecular weight excluding hydrogens is 352 g/mol. The maximum absolute atomic E-state index is 13.2. The number of benzene rings is 1. The first kappa shape index (κ1) is 13.3. The summed E-state index contributed by atoms with van der Waals surface area (Å²) < 4.78 is 13.8. The van der Waals surface area contributed by atoms with Crippen molar-refractivity contribution in [3.05, 3.63) is 33.1 Å². The van der Waals surface area contributed by atoms with Crippen molar-refractivity contribution < 1.29 is 19.1 Å². The Morgan fingerprint density at radius 1 is 1.44 bits per heavy atom. The van der Waals surface area contributed by atoms with Crippen LogP contribution in [0, 0.1) is 9.39 Å². The first-order valence-electron chi connectivity index (χ1n) is 5.49. The quantitative estimate of drug-likeness (QED) is 0.819. The van der Waals surface area contributed by atoms with E-state index >= 15 is 0 Å². The van der Waals surface area contributed by atoms with Crippen LogP contribution in [-0.2, 0) is 4.79 Å². The van der Waals surface area contributed by atoms with Gasteiger partial charge in [-0.25, -0.2) is 9.18 Å². The van der Waals surface area contributed by atoms with E-state index in [2.05, 4.69) is 0 Å². The predicted octanol–water partition coefficient (Wildman–Crippen LogP) is 2.12. The van der Waals surface area contributed by atoms with Crippen LogP contribution >= 0.6 is 22.6 Å². The summed E-state index contributed by atoms with van der Waals surface area (Å²) in [5.74, 6) is -1.92. The van der Waals surface area contributed by atoms with Gasteiger partial charge in [0.1, 0.15) is 11.9 Å². The molecule has 2 rings (SSSR count). The Labute approximate surface area is 117 Å². The maximum Gasteiger partial charge on any atom is 0.326 e. The molecule has 0 spiro atoms. The highest BCUT2D eigenvalue weighted by atomic mass is 127. The van der Waals surface area contributed by atoms with Crippen LogP contribution in [0.2, 0.25) is 0 Å². The summed E-state index contributed by atoms with van der Waals surface area (Å²) >= 11 is 1.94. The van der Waals surface area contributed by atoms with Crippen molar-refractivity contribution in [3.8, 4) is 0 Å². The van der Waals surface area contributed by atoms with Crippen molar-refractivity contribution in [3.63, 3.8) is 0 Å². The standard InChI is InChI=1S/C12H11FINO3/c13-7-3-4-9(14)8(6-7)11(16)15-5-1-2-10(15)12(17)18/h3-4,6,10H,1-2,5H2,(H,17,18). The molecule has 18 heavy (non-hydrogen) atoms. The van der Waals surface area contributed by atoms with E-state index in [1.165, 1.54) is 17.0 Å². The Hall–Kier alpha value is -1.18. The van der Waals surface area contributed by atoms with Crippen molar-refractivity contribution >= 4 is 34.5 Å². The first-order chi connectivity index (χ1) is 8.50. The number of hydrogen-bond acceptors (Lipinski definition) is 2. The van der Waals surface area contributed by atoms with Gasteiger partial charge in [-0.05, 0) is 53.6 Å². The normalized spacial score (nSPS) is 19.0. The molecule has 1 atom stereocenters. The molecule has 1 aliphatic rings. The summed E-state index contributed by atoms with van der Waals surface area (Å²) in [5, 5.41) is 9.03. The first-order valence-corrected chi connectivity index (χ1v) is 6.57. The van der Waals surface area contributed by atoms with Crippen molar-refractivity contribution in [2.45, 2.75) is 18.9 Å². The molecule has 1 aromatic rings. The average molecular weight is 363 g/mol. The molecule has 0 saturated carbocycles. The number of nitrogens with zero attached hydrogens (tertiary/aromatic N) is 1. The van der Waals surface area contributed by atoms with Gasteiger partial charge in [0.2, 0.25) is 0 Å². The van der Waals surface area contributed by atoms with E-state index in [1.54, 1.807) is 0 Å². The number of halogens is 2. The molecule has 1 heterocycles. The molecule has 1 amide bonds. The van der Waals surface area contributed by atoms with Crippen LogP contribution in [-0.4, -0.2) is 34.5 Å².